The van der Waals surface area contributed by atoms with E-state index in [1.807, 2.05) is 0 Å². The molecular weight excluding hydrogens is 251 g/mol. The Hall–Kier alpha value is 0.170. The second-order valence-electron chi connectivity index (χ2n) is 1.87. The molecule has 1 N–H and O–H groups in total. The van der Waals surface area contributed by atoms with Crippen LogP contribution in [0.15, 0.2) is 0 Å². The van der Waals surface area contributed by atoms with Gasteiger partial charge >= 0.3 is 0 Å². The molecule has 0 amide bonds. The molecule has 0 bridgehead atoms. The van der Waals surface area contributed by atoms with Crippen LogP contribution >= 0.6 is 22.6 Å². The average molecular weight is 258 g/mol. The largest absolute Gasteiger partial charge is 0.251 e. The lowest BCUT2D eigenvalue weighted by molar-refractivity contribution is 0.674. The highest BCUT2D eigenvalue weighted by Gasteiger charge is 2.28. The van der Waals surface area contributed by atoms with Gasteiger partial charge in [-0.25, -0.2) is 4.21 Å². The van der Waals surface area contributed by atoms with Crippen molar-refractivity contribution in [2.24, 2.45) is 0 Å². The van der Waals surface area contributed by atoms with Crippen LogP contribution in [0.25, 0.3) is 0 Å². The summed E-state index contributed by atoms with van der Waals surface area (Å²) in [5, 5.41) is 8.37. The van der Waals surface area contributed by atoms with Crippen molar-refractivity contribution in [3.8, 4) is 6.07 Å². The lowest BCUT2D eigenvalue weighted by Crippen LogP contribution is -2.23. The normalized spacial score (nSPS) is 23.3. The number of hydrogen-bond acceptors (Lipinski definition) is 3. The molecule has 0 aromatic carbocycles. The molecule has 0 aromatic heterocycles. The molecule has 0 aromatic rings. The van der Waals surface area contributed by atoms with Gasteiger partial charge in [0, 0.05) is 6.26 Å². The SMILES string of the molecule is CC(I)(C#N)S(C)(=N)=O. The zero-order chi connectivity index (χ0) is 7.71. The van der Waals surface area contributed by atoms with Gasteiger partial charge in [0.05, 0.1) is 15.8 Å². The molecule has 0 rings (SSSR count). The summed E-state index contributed by atoms with van der Waals surface area (Å²) in [6.45, 7) is 1.49. The van der Waals surface area contributed by atoms with E-state index in [0.29, 0.717) is 0 Å². The fraction of sp³-hybridized carbons (Fsp3) is 0.750. The van der Waals surface area contributed by atoms with Gasteiger partial charge in [0.15, 0.2) is 2.75 Å². The third-order valence-corrected chi connectivity index (χ3v) is 5.25. The van der Waals surface area contributed by atoms with Crippen LogP contribution < -0.4 is 0 Å². The third kappa shape index (κ3) is 2.10. The van der Waals surface area contributed by atoms with Crippen molar-refractivity contribution in [1.82, 2.24) is 0 Å². The monoisotopic (exact) mass is 258 g/mol. The maximum Gasteiger partial charge on any atom is 0.187 e. The highest BCUT2D eigenvalue weighted by atomic mass is 127. The summed E-state index contributed by atoms with van der Waals surface area (Å²) < 4.78 is 16.9. The molecule has 5 heteroatoms. The maximum absolute atomic E-state index is 10.9. The summed E-state index contributed by atoms with van der Waals surface area (Å²) in [7, 11) is -2.73. The van der Waals surface area contributed by atoms with Crippen molar-refractivity contribution in [1.29, 1.82) is 10.0 Å². The molecule has 0 fully saturated rings. The van der Waals surface area contributed by atoms with Gasteiger partial charge in [-0.05, 0) is 29.5 Å². The number of nitriles is 1. The molecule has 0 spiro atoms. The Morgan fingerprint density at radius 3 is 2.22 bits per heavy atom. The van der Waals surface area contributed by atoms with E-state index < -0.39 is 12.5 Å². The van der Waals surface area contributed by atoms with Gasteiger partial charge in [-0.1, -0.05) is 0 Å². The standard InChI is InChI=1S/C4H7IN2OS/c1-4(5,3-6)9(2,7)8/h7H,1-2H3. The molecule has 2 atom stereocenters. The van der Waals surface area contributed by atoms with E-state index in [4.69, 9.17) is 10.0 Å². The first-order chi connectivity index (χ1) is 3.81. The summed E-state index contributed by atoms with van der Waals surface area (Å²) in [5.74, 6) is 0. The number of hydrogen-bond donors (Lipinski definition) is 1. The molecule has 0 saturated heterocycles. The molecular formula is C4H7IN2OS. The first-order valence-electron chi connectivity index (χ1n) is 2.15. The van der Waals surface area contributed by atoms with Crippen LogP contribution in [0.2, 0.25) is 0 Å². The van der Waals surface area contributed by atoms with E-state index in [1.54, 1.807) is 28.7 Å². The van der Waals surface area contributed by atoms with E-state index >= 15 is 0 Å². The zero-order valence-electron chi connectivity index (χ0n) is 5.14. The quantitative estimate of drug-likeness (QED) is 0.569. The van der Waals surface area contributed by atoms with Crippen molar-refractivity contribution in [2.75, 3.05) is 6.26 Å². The molecule has 0 heterocycles. The fourth-order valence-corrected chi connectivity index (χ4v) is 0.261. The molecule has 0 aliphatic rings. The van der Waals surface area contributed by atoms with Crippen LogP contribution in [0.5, 0.6) is 0 Å². The van der Waals surface area contributed by atoms with E-state index in [0.717, 1.165) is 0 Å². The molecule has 0 aliphatic heterocycles. The number of nitrogens with one attached hydrogen (secondary N) is 1. The second kappa shape index (κ2) is 2.42. The molecule has 2 unspecified atom stereocenters. The van der Waals surface area contributed by atoms with Crippen LogP contribution in [-0.2, 0) is 9.73 Å². The Kier molecular flexibility index (Phi) is 2.47. The van der Waals surface area contributed by atoms with Crippen LogP contribution in [0.3, 0.4) is 0 Å². The summed E-state index contributed by atoms with van der Waals surface area (Å²) >= 11 is 1.72. The van der Waals surface area contributed by atoms with Crippen LogP contribution in [0.4, 0.5) is 0 Å². The lowest BCUT2D eigenvalue weighted by atomic mass is 10.5. The van der Waals surface area contributed by atoms with Gasteiger partial charge in [-0.3, -0.25) is 4.78 Å². The number of nitrogens with zero attached hydrogens (tertiary/aromatic N) is 1. The number of halogens is 1. The third-order valence-electron chi connectivity index (χ3n) is 0.931. The molecule has 0 aliphatic carbocycles. The maximum atomic E-state index is 10.9. The minimum atomic E-state index is -2.73. The number of rotatable bonds is 1. The fourth-order valence-electron chi connectivity index (χ4n) is 0.0871. The highest BCUT2D eigenvalue weighted by molar-refractivity contribution is 14.1. The zero-order valence-corrected chi connectivity index (χ0v) is 8.12. The molecule has 3 nitrogen and oxygen atoms in total. The Morgan fingerprint density at radius 1 is 1.89 bits per heavy atom. The van der Waals surface area contributed by atoms with E-state index in [1.165, 1.54) is 13.2 Å². The van der Waals surface area contributed by atoms with Crippen molar-refractivity contribution in [2.45, 2.75) is 9.68 Å². The molecule has 52 valence electrons. The van der Waals surface area contributed by atoms with Crippen LogP contribution in [0, 0.1) is 16.1 Å². The lowest BCUT2D eigenvalue weighted by Gasteiger charge is -2.11. The predicted octanol–water partition coefficient (Wildman–Crippen LogP) is 1.34. The summed E-state index contributed by atoms with van der Waals surface area (Å²) in [5.41, 5.74) is 0. The smallest absolute Gasteiger partial charge is 0.187 e. The minimum Gasteiger partial charge on any atom is -0.251 e. The van der Waals surface area contributed by atoms with Crippen molar-refractivity contribution < 1.29 is 4.21 Å². The Balaban J connectivity index is 4.85. The van der Waals surface area contributed by atoms with Gasteiger partial charge in [0.25, 0.3) is 0 Å². The average Bonchev–Trinajstić information content (AvgIpc) is 1.64. The van der Waals surface area contributed by atoms with E-state index in [-0.39, 0.29) is 0 Å². The Morgan fingerprint density at radius 2 is 2.22 bits per heavy atom. The van der Waals surface area contributed by atoms with Gasteiger partial charge < -0.3 is 0 Å². The van der Waals surface area contributed by atoms with Crippen LogP contribution in [0.1, 0.15) is 6.92 Å². The van der Waals surface area contributed by atoms with Gasteiger partial charge in [0.1, 0.15) is 0 Å². The second-order valence-corrected chi connectivity index (χ2v) is 7.27. The van der Waals surface area contributed by atoms with Crippen molar-refractivity contribution in [3.05, 3.63) is 0 Å². The highest BCUT2D eigenvalue weighted by Crippen LogP contribution is 2.23. The summed E-state index contributed by atoms with van der Waals surface area (Å²) in [6, 6.07) is 1.80. The summed E-state index contributed by atoms with van der Waals surface area (Å²) in [6.07, 6.45) is 1.27. The Bertz CT molecular complexity index is 236. The minimum absolute atomic E-state index is 1.05. The predicted molar refractivity (Wildman–Crippen MR) is 44.8 cm³/mol. The van der Waals surface area contributed by atoms with E-state index in [9.17, 15) is 4.21 Å². The van der Waals surface area contributed by atoms with Gasteiger partial charge in [-0.15, -0.1) is 0 Å². The Labute approximate surface area is 68.6 Å². The topological polar surface area (TPSA) is 64.7 Å². The van der Waals surface area contributed by atoms with Crippen molar-refractivity contribution in [3.63, 3.8) is 0 Å². The van der Waals surface area contributed by atoms with Gasteiger partial charge in [-0.2, -0.15) is 5.26 Å². The number of alkyl halides is 1. The molecule has 0 saturated carbocycles. The first kappa shape index (κ1) is 9.17. The van der Waals surface area contributed by atoms with Gasteiger partial charge in [0.2, 0.25) is 0 Å². The molecule has 0 radical (unpaired) electrons. The van der Waals surface area contributed by atoms with E-state index in [2.05, 4.69) is 0 Å². The summed E-state index contributed by atoms with van der Waals surface area (Å²) in [4.78, 5) is 0. The van der Waals surface area contributed by atoms with Crippen molar-refractivity contribution >= 4 is 32.3 Å². The molecule has 9 heavy (non-hydrogen) atoms. The first-order valence-corrected chi connectivity index (χ1v) is 5.19. The van der Waals surface area contributed by atoms with Crippen LogP contribution in [-0.4, -0.2) is 13.2 Å².